The lowest BCUT2D eigenvalue weighted by Gasteiger charge is -2.19. The molecule has 0 saturated carbocycles. The molecule has 104 valence electrons. The maximum absolute atomic E-state index is 11.2. The highest BCUT2D eigenvalue weighted by Crippen LogP contribution is 2.17. The lowest BCUT2D eigenvalue weighted by atomic mass is 10.1. The molecule has 2 rings (SSSR count). The zero-order chi connectivity index (χ0) is 14.5. The summed E-state index contributed by atoms with van der Waals surface area (Å²) in [4.78, 5) is 17.6. The summed E-state index contributed by atoms with van der Waals surface area (Å²) in [5.41, 5.74) is 2.24. The van der Waals surface area contributed by atoms with Crippen LogP contribution in [0.25, 0.3) is 0 Å². The summed E-state index contributed by atoms with van der Waals surface area (Å²) in [5, 5.41) is 9.15. The van der Waals surface area contributed by atoms with E-state index >= 15 is 0 Å². The van der Waals surface area contributed by atoms with Crippen LogP contribution in [0, 0.1) is 0 Å². The Kier molecular flexibility index (Phi) is 4.35. The molecule has 0 aliphatic rings. The standard InChI is InChI=1S/C16H18N2O2/c1-3-14-9-13(16(19)20)10-15(17-14)18(2)11-12-7-5-4-6-8-12/h4-10H,3,11H2,1-2H3,(H,19,20). The Labute approximate surface area is 118 Å². The average molecular weight is 270 g/mol. The minimum Gasteiger partial charge on any atom is -0.478 e. The molecule has 0 fully saturated rings. The van der Waals surface area contributed by atoms with Crippen molar-refractivity contribution < 1.29 is 9.90 Å². The van der Waals surface area contributed by atoms with E-state index in [4.69, 9.17) is 5.11 Å². The van der Waals surface area contributed by atoms with Crippen molar-refractivity contribution in [3.8, 4) is 0 Å². The van der Waals surface area contributed by atoms with Gasteiger partial charge in [0.2, 0.25) is 0 Å². The third-order valence-electron chi connectivity index (χ3n) is 3.13. The first-order valence-corrected chi connectivity index (χ1v) is 6.59. The lowest BCUT2D eigenvalue weighted by Crippen LogP contribution is -2.19. The molecule has 1 N–H and O–H groups in total. The number of hydrogen-bond acceptors (Lipinski definition) is 3. The highest BCUT2D eigenvalue weighted by Gasteiger charge is 2.11. The van der Waals surface area contributed by atoms with Crippen molar-refractivity contribution in [1.29, 1.82) is 0 Å². The molecule has 4 heteroatoms. The number of nitrogens with zero attached hydrogens (tertiary/aromatic N) is 2. The van der Waals surface area contributed by atoms with Gasteiger partial charge in [-0.3, -0.25) is 0 Å². The smallest absolute Gasteiger partial charge is 0.335 e. The number of benzene rings is 1. The Balaban J connectivity index is 2.27. The number of aromatic carboxylic acids is 1. The highest BCUT2D eigenvalue weighted by molar-refractivity contribution is 5.88. The zero-order valence-corrected chi connectivity index (χ0v) is 11.7. The predicted octanol–water partition coefficient (Wildman–Crippen LogP) is 2.98. The van der Waals surface area contributed by atoms with Crippen LogP contribution in [0.1, 0.15) is 28.5 Å². The van der Waals surface area contributed by atoms with Gasteiger partial charge in [0.05, 0.1) is 5.56 Å². The minimum absolute atomic E-state index is 0.284. The van der Waals surface area contributed by atoms with E-state index in [9.17, 15) is 4.79 Å². The molecule has 1 heterocycles. The number of aromatic nitrogens is 1. The van der Waals surface area contributed by atoms with Crippen molar-refractivity contribution >= 4 is 11.8 Å². The van der Waals surface area contributed by atoms with Gasteiger partial charge >= 0.3 is 5.97 Å². The summed E-state index contributed by atoms with van der Waals surface area (Å²) < 4.78 is 0. The second-order valence-corrected chi connectivity index (χ2v) is 4.71. The summed E-state index contributed by atoms with van der Waals surface area (Å²) in [5.74, 6) is -0.234. The molecule has 0 amide bonds. The van der Waals surface area contributed by atoms with Crippen LogP contribution in [-0.2, 0) is 13.0 Å². The number of carboxylic acids is 1. The van der Waals surface area contributed by atoms with Crippen LogP contribution >= 0.6 is 0 Å². The molecule has 0 radical (unpaired) electrons. The maximum atomic E-state index is 11.2. The first-order chi connectivity index (χ1) is 9.60. The van der Waals surface area contributed by atoms with Gasteiger partial charge in [-0.2, -0.15) is 0 Å². The van der Waals surface area contributed by atoms with Gasteiger partial charge in [-0.05, 0) is 24.1 Å². The van der Waals surface area contributed by atoms with Crippen LogP contribution in [0.4, 0.5) is 5.82 Å². The van der Waals surface area contributed by atoms with Gasteiger partial charge in [-0.15, -0.1) is 0 Å². The molecule has 0 bridgehead atoms. The fraction of sp³-hybridized carbons (Fsp3) is 0.250. The van der Waals surface area contributed by atoms with Crippen LogP contribution < -0.4 is 4.90 Å². The lowest BCUT2D eigenvalue weighted by molar-refractivity contribution is 0.0696. The van der Waals surface area contributed by atoms with E-state index in [1.54, 1.807) is 12.1 Å². The molecule has 0 aliphatic carbocycles. The molecule has 0 unspecified atom stereocenters. The summed E-state index contributed by atoms with van der Waals surface area (Å²) in [6.07, 6.45) is 0.716. The Bertz CT molecular complexity index is 597. The van der Waals surface area contributed by atoms with E-state index in [-0.39, 0.29) is 5.56 Å². The summed E-state index contributed by atoms with van der Waals surface area (Å²) in [7, 11) is 1.92. The first kappa shape index (κ1) is 14.1. The van der Waals surface area contributed by atoms with E-state index in [1.165, 1.54) is 0 Å². The second kappa shape index (κ2) is 6.19. The molecule has 1 aromatic heterocycles. The SMILES string of the molecule is CCc1cc(C(=O)O)cc(N(C)Cc2ccccc2)n1. The Morgan fingerprint density at radius 1 is 1.25 bits per heavy atom. The number of rotatable bonds is 5. The molecule has 4 nitrogen and oxygen atoms in total. The molecular weight excluding hydrogens is 252 g/mol. The van der Waals surface area contributed by atoms with E-state index in [0.717, 1.165) is 11.3 Å². The molecule has 0 spiro atoms. The van der Waals surface area contributed by atoms with Gasteiger partial charge in [-0.25, -0.2) is 9.78 Å². The van der Waals surface area contributed by atoms with Gasteiger partial charge in [-0.1, -0.05) is 37.3 Å². The number of carbonyl (C=O) groups is 1. The summed E-state index contributed by atoms with van der Waals surface area (Å²) >= 11 is 0. The first-order valence-electron chi connectivity index (χ1n) is 6.59. The van der Waals surface area contributed by atoms with Crippen LogP contribution in [0.5, 0.6) is 0 Å². The topological polar surface area (TPSA) is 53.4 Å². The van der Waals surface area contributed by atoms with Crippen molar-refractivity contribution in [3.05, 3.63) is 59.3 Å². The predicted molar refractivity (Wildman–Crippen MR) is 79.1 cm³/mol. The minimum atomic E-state index is -0.920. The quantitative estimate of drug-likeness (QED) is 0.907. The maximum Gasteiger partial charge on any atom is 0.335 e. The Hall–Kier alpha value is -2.36. The van der Waals surface area contributed by atoms with Crippen LogP contribution in [0.15, 0.2) is 42.5 Å². The molecule has 20 heavy (non-hydrogen) atoms. The number of anilines is 1. The molecule has 0 atom stereocenters. The number of aryl methyl sites for hydroxylation is 1. The molecule has 2 aromatic rings. The zero-order valence-electron chi connectivity index (χ0n) is 11.7. The number of pyridine rings is 1. The van der Waals surface area contributed by atoms with E-state index in [1.807, 2.05) is 49.2 Å². The van der Waals surface area contributed by atoms with Gasteiger partial charge < -0.3 is 10.0 Å². The van der Waals surface area contributed by atoms with Crippen molar-refractivity contribution in [3.63, 3.8) is 0 Å². The van der Waals surface area contributed by atoms with Gasteiger partial charge in [0.25, 0.3) is 0 Å². The third kappa shape index (κ3) is 3.35. The third-order valence-corrected chi connectivity index (χ3v) is 3.13. The highest BCUT2D eigenvalue weighted by atomic mass is 16.4. The van der Waals surface area contributed by atoms with Gasteiger partial charge in [0, 0.05) is 19.3 Å². The normalized spacial score (nSPS) is 10.3. The van der Waals surface area contributed by atoms with Gasteiger partial charge in [0.1, 0.15) is 5.82 Å². The number of hydrogen-bond donors (Lipinski definition) is 1. The molecular formula is C16H18N2O2. The largest absolute Gasteiger partial charge is 0.478 e. The van der Waals surface area contributed by atoms with Crippen molar-refractivity contribution in [2.45, 2.75) is 19.9 Å². The fourth-order valence-corrected chi connectivity index (χ4v) is 2.01. The average Bonchev–Trinajstić information content (AvgIpc) is 2.47. The van der Waals surface area contributed by atoms with E-state index in [2.05, 4.69) is 4.98 Å². The van der Waals surface area contributed by atoms with Crippen molar-refractivity contribution in [2.24, 2.45) is 0 Å². The number of carboxylic acid groups (broad SMARTS) is 1. The second-order valence-electron chi connectivity index (χ2n) is 4.71. The molecule has 0 aliphatic heterocycles. The van der Waals surface area contributed by atoms with Gasteiger partial charge in [0.15, 0.2) is 0 Å². The fourth-order valence-electron chi connectivity index (χ4n) is 2.01. The van der Waals surface area contributed by atoms with Crippen molar-refractivity contribution in [2.75, 3.05) is 11.9 Å². The van der Waals surface area contributed by atoms with E-state index < -0.39 is 5.97 Å². The monoisotopic (exact) mass is 270 g/mol. The van der Waals surface area contributed by atoms with Crippen LogP contribution in [0.3, 0.4) is 0 Å². The Morgan fingerprint density at radius 3 is 2.55 bits per heavy atom. The Morgan fingerprint density at radius 2 is 1.95 bits per heavy atom. The summed E-state index contributed by atoms with van der Waals surface area (Å²) in [6.45, 7) is 2.66. The molecule has 0 saturated heterocycles. The van der Waals surface area contributed by atoms with E-state index in [0.29, 0.717) is 18.8 Å². The molecule has 1 aromatic carbocycles. The van der Waals surface area contributed by atoms with Crippen molar-refractivity contribution in [1.82, 2.24) is 4.98 Å². The summed E-state index contributed by atoms with van der Waals surface area (Å²) in [6, 6.07) is 13.3. The van der Waals surface area contributed by atoms with Crippen LogP contribution in [0.2, 0.25) is 0 Å². The van der Waals surface area contributed by atoms with Crippen LogP contribution in [-0.4, -0.2) is 23.1 Å².